The molecular weight excluding hydrogens is 600 g/mol. The van der Waals surface area contributed by atoms with Crippen LogP contribution >= 0.6 is 0 Å². The largest absolute Gasteiger partial charge is 0.462 e. The maximum Gasteiger partial charge on any atom is 0.311 e. The van der Waals surface area contributed by atoms with Gasteiger partial charge >= 0.3 is 23.9 Å². The van der Waals surface area contributed by atoms with Crippen molar-refractivity contribution in [2.75, 3.05) is 6.61 Å². The van der Waals surface area contributed by atoms with E-state index in [9.17, 15) is 29.3 Å². The normalized spacial score (nSPS) is 22.6. The monoisotopic (exact) mass is 648 g/mol. The highest BCUT2D eigenvalue weighted by atomic mass is 16.7. The zero-order valence-corrected chi connectivity index (χ0v) is 28.9. The van der Waals surface area contributed by atoms with Gasteiger partial charge in [0.15, 0.2) is 24.5 Å². The molecule has 1 saturated heterocycles. The molecule has 0 bridgehead atoms. The van der Waals surface area contributed by atoms with Crippen molar-refractivity contribution in [3.63, 3.8) is 0 Å². The van der Waals surface area contributed by atoms with Gasteiger partial charge in [0.2, 0.25) is 0 Å². The summed E-state index contributed by atoms with van der Waals surface area (Å²) in [4.78, 5) is 67.7. The summed E-state index contributed by atoms with van der Waals surface area (Å²) in [6.45, 7) is 19.3. The van der Waals surface area contributed by atoms with E-state index in [1.54, 1.807) is 83.1 Å². The minimum Gasteiger partial charge on any atom is -0.462 e. The van der Waals surface area contributed by atoms with E-state index < -0.39 is 87.7 Å². The number of nitrogens with zero attached hydrogens (tertiary/aromatic N) is 2. The summed E-state index contributed by atoms with van der Waals surface area (Å²) < 4.78 is 29.6. The third-order valence-electron chi connectivity index (χ3n) is 6.64. The summed E-state index contributed by atoms with van der Waals surface area (Å²) in [5.74, 6) is -2.59. The quantitative estimate of drug-likeness (QED) is 0.119. The number of rotatable bonds is 8. The molecule has 1 aromatic carbocycles. The summed E-state index contributed by atoms with van der Waals surface area (Å²) in [5.41, 5.74) is -3.55. The van der Waals surface area contributed by atoms with Gasteiger partial charge in [0.1, 0.15) is 12.7 Å². The van der Waals surface area contributed by atoms with E-state index in [0.717, 1.165) is 0 Å². The molecule has 13 heteroatoms. The zero-order valence-electron chi connectivity index (χ0n) is 28.9. The fraction of sp³-hybridized carbons (Fsp3) is 0.667. The second kappa shape index (κ2) is 14.3. The van der Waals surface area contributed by atoms with Crippen molar-refractivity contribution < 1.29 is 47.8 Å². The summed E-state index contributed by atoms with van der Waals surface area (Å²) in [7, 11) is 0. The van der Waals surface area contributed by atoms with Crippen molar-refractivity contribution >= 4 is 35.8 Å². The van der Waals surface area contributed by atoms with Crippen molar-refractivity contribution in [2.24, 2.45) is 26.7 Å². The fourth-order valence-electron chi connectivity index (χ4n) is 3.67. The molecular formula is C33H48N2O11. The van der Waals surface area contributed by atoms with Gasteiger partial charge in [0.25, 0.3) is 5.69 Å². The van der Waals surface area contributed by atoms with E-state index in [4.69, 9.17) is 23.7 Å². The molecule has 46 heavy (non-hydrogen) atoms. The minimum atomic E-state index is -1.43. The van der Waals surface area contributed by atoms with Gasteiger partial charge < -0.3 is 23.7 Å². The first-order valence-corrected chi connectivity index (χ1v) is 15.1. The average Bonchev–Trinajstić information content (AvgIpc) is 2.90. The Morgan fingerprint density at radius 1 is 0.717 bits per heavy atom. The highest BCUT2D eigenvalue weighted by molar-refractivity contribution is 5.80. The number of nitro groups is 1. The van der Waals surface area contributed by atoms with Gasteiger partial charge in [0.05, 0.1) is 26.6 Å². The van der Waals surface area contributed by atoms with Crippen molar-refractivity contribution in [1.82, 2.24) is 0 Å². The lowest BCUT2D eigenvalue weighted by molar-refractivity contribution is -0.384. The molecule has 0 amide bonds. The summed E-state index contributed by atoms with van der Waals surface area (Å²) in [6, 6.07) is 5.53. The number of non-ortho nitro benzene ring substituents is 1. The average molecular weight is 649 g/mol. The van der Waals surface area contributed by atoms with Gasteiger partial charge in [0, 0.05) is 18.3 Å². The van der Waals surface area contributed by atoms with Gasteiger partial charge in [-0.1, -0.05) is 0 Å². The molecule has 0 aliphatic carbocycles. The number of nitro benzene ring substituents is 1. The number of benzene rings is 1. The predicted octanol–water partition coefficient (Wildman–Crippen LogP) is 5.20. The standard InChI is InChI=1S/C33H48N2O11/c1-30(2,3)26(36)42-18-21-22(44-27(37)31(4,5)6)23(45-28(38)32(7,8)9)24(46-29(39)33(10,11)12)25(43-21)34-17-19-13-15-20(16-14-19)35(40)41/h13-17,21-25H,18H2,1-12H3. The molecule has 2 rings (SSSR count). The first kappa shape index (κ1) is 38.3. The molecule has 0 N–H and O–H groups in total. The molecule has 0 spiro atoms. The van der Waals surface area contributed by atoms with Crippen LogP contribution in [0.5, 0.6) is 0 Å². The Morgan fingerprint density at radius 3 is 1.54 bits per heavy atom. The smallest absolute Gasteiger partial charge is 0.311 e. The van der Waals surface area contributed by atoms with Crippen molar-refractivity contribution in [3.05, 3.63) is 39.9 Å². The molecule has 1 heterocycles. The van der Waals surface area contributed by atoms with Gasteiger partial charge in [-0.3, -0.25) is 34.3 Å². The lowest BCUT2D eigenvalue weighted by Gasteiger charge is -2.45. The molecule has 0 saturated carbocycles. The molecule has 5 unspecified atom stereocenters. The summed E-state index contributed by atoms with van der Waals surface area (Å²) in [6.07, 6.45) is -5.43. The van der Waals surface area contributed by atoms with Crippen LogP contribution in [-0.4, -0.2) is 72.3 Å². The maximum atomic E-state index is 13.3. The third-order valence-corrected chi connectivity index (χ3v) is 6.64. The zero-order chi connectivity index (χ0) is 35.4. The first-order valence-electron chi connectivity index (χ1n) is 15.1. The van der Waals surface area contributed by atoms with Crippen LogP contribution in [0.3, 0.4) is 0 Å². The van der Waals surface area contributed by atoms with E-state index in [1.807, 2.05) is 0 Å². The fourth-order valence-corrected chi connectivity index (χ4v) is 3.67. The minimum absolute atomic E-state index is 0.124. The van der Waals surface area contributed by atoms with Crippen LogP contribution in [0.25, 0.3) is 0 Å². The number of carbonyl (C=O) groups is 4. The molecule has 1 aromatic rings. The lowest BCUT2D eigenvalue weighted by Crippen LogP contribution is -2.63. The predicted molar refractivity (Wildman–Crippen MR) is 168 cm³/mol. The van der Waals surface area contributed by atoms with Crippen LogP contribution < -0.4 is 0 Å². The summed E-state index contributed by atoms with van der Waals surface area (Å²) >= 11 is 0. The Labute approximate surface area is 270 Å². The highest BCUT2D eigenvalue weighted by Gasteiger charge is 2.54. The molecule has 1 fully saturated rings. The number of ether oxygens (including phenoxy) is 5. The van der Waals surface area contributed by atoms with E-state index >= 15 is 0 Å². The molecule has 1 aliphatic heterocycles. The molecule has 13 nitrogen and oxygen atoms in total. The van der Waals surface area contributed by atoms with Crippen LogP contribution in [0.1, 0.15) is 88.6 Å². The van der Waals surface area contributed by atoms with E-state index in [0.29, 0.717) is 5.56 Å². The summed E-state index contributed by atoms with van der Waals surface area (Å²) in [5, 5.41) is 11.1. The Balaban J connectivity index is 2.73. The number of esters is 4. The topological polar surface area (TPSA) is 170 Å². The van der Waals surface area contributed by atoms with Gasteiger partial charge in [-0.2, -0.15) is 0 Å². The SMILES string of the molecule is CC(C)(C)C(=O)OCC1OC(N=Cc2ccc([N+](=O)[O-])cc2)C(OC(=O)C(C)(C)C)C(OC(=O)C(C)(C)C)C1OC(=O)C(C)(C)C. The molecule has 0 radical (unpaired) electrons. The molecule has 5 atom stereocenters. The number of hydrogen-bond acceptors (Lipinski definition) is 12. The second-order valence-corrected chi connectivity index (χ2v) is 15.4. The Bertz CT molecular complexity index is 1310. The van der Waals surface area contributed by atoms with E-state index in [2.05, 4.69) is 4.99 Å². The molecule has 256 valence electrons. The highest BCUT2D eigenvalue weighted by Crippen LogP contribution is 2.34. The van der Waals surface area contributed by atoms with Gasteiger partial charge in [-0.25, -0.2) is 0 Å². The Kier molecular flexibility index (Phi) is 11.9. The van der Waals surface area contributed by atoms with E-state index in [-0.39, 0.29) is 5.69 Å². The van der Waals surface area contributed by atoms with E-state index in [1.165, 1.54) is 30.5 Å². The first-order chi connectivity index (χ1) is 20.8. The second-order valence-electron chi connectivity index (χ2n) is 15.4. The van der Waals surface area contributed by atoms with Crippen LogP contribution in [0, 0.1) is 31.8 Å². The number of aliphatic imine (C=N–C) groups is 1. The molecule has 1 aliphatic rings. The van der Waals surface area contributed by atoms with Crippen LogP contribution in [0.15, 0.2) is 29.3 Å². The lowest BCUT2D eigenvalue weighted by atomic mass is 9.92. The van der Waals surface area contributed by atoms with Crippen molar-refractivity contribution in [1.29, 1.82) is 0 Å². The maximum absolute atomic E-state index is 13.3. The van der Waals surface area contributed by atoms with Gasteiger partial charge in [-0.15, -0.1) is 0 Å². The van der Waals surface area contributed by atoms with Crippen molar-refractivity contribution in [2.45, 2.75) is 114 Å². The number of carbonyl (C=O) groups excluding carboxylic acids is 4. The van der Waals surface area contributed by atoms with Crippen LogP contribution in [0.4, 0.5) is 5.69 Å². The Hall–Kier alpha value is -3.87. The van der Waals surface area contributed by atoms with Crippen LogP contribution in [-0.2, 0) is 42.9 Å². The molecule has 0 aromatic heterocycles. The van der Waals surface area contributed by atoms with Crippen molar-refractivity contribution in [3.8, 4) is 0 Å². The number of hydrogen-bond donors (Lipinski definition) is 0. The van der Waals surface area contributed by atoms with Gasteiger partial charge in [-0.05, 0) is 101 Å². The Morgan fingerprint density at radius 2 is 1.13 bits per heavy atom. The third kappa shape index (κ3) is 10.6. The van der Waals surface area contributed by atoms with Crippen LogP contribution in [0.2, 0.25) is 0 Å².